The summed E-state index contributed by atoms with van der Waals surface area (Å²) in [5, 5.41) is 2.89. The van der Waals surface area contributed by atoms with Crippen molar-refractivity contribution in [1.29, 1.82) is 0 Å². The molecule has 0 bridgehead atoms. The Morgan fingerprint density at radius 3 is 2.94 bits per heavy atom. The monoisotopic (exact) mass is 249 g/mol. The first kappa shape index (κ1) is 12.7. The average Bonchev–Trinajstić information content (AvgIpc) is 2.37. The highest BCUT2D eigenvalue weighted by Gasteiger charge is 2.16. The zero-order chi connectivity index (χ0) is 13.0. The molecule has 1 amide bonds. The molecule has 0 radical (unpaired) electrons. The smallest absolute Gasteiger partial charge is 0.253 e. The topological polar surface area (TPSA) is 90.4 Å². The average molecular weight is 249 g/mol. The molecule has 1 unspecified atom stereocenters. The van der Waals surface area contributed by atoms with Gasteiger partial charge in [0.15, 0.2) is 0 Å². The van der Waals surface area contributed by atoms with Gasteiger partial charge in [-0.1, -0.05) is 0 Å². The number of anilines is 2. The van der Waals surface area contributed by atoms with Gasteiger partial charge in [-0.15, -0.1) is 0 Å². The highest BCUT2D eigenvalue weighted by molar-refractivity contribution is 5.99. The summed E-state index contributed by atoms with van der Waals surface area (Å²) in [6, 6.07) is 4.92. The van der Waals surface area contributed by atoms with Crippen molar-refractivity contribution in [3.63, 3.8) is 0 Å². The molecule has 1 heterocycles. The predicted molar refractivity (Wildman–Crippen MR) is 71.1 cm³/mol. The van der Waals surface area contributed by atoms with E-state index < -0.39 is 0 Å². The minimum absolute atomic E-state index is 0.155. The highest BCUT2D eigenvalue weighted by atomic mass is 16.5. The van der Waals surface area contributed by atoms with Gasteiger partial charge in [0.1, 0.15) is 0 Å². The summed E-state index contributed by atoms with van der Waals surface area (Å²) in [6.45, 7) is 2.18. The summed E-state index contributed by atoms with van der Waals surface area (Å²) in [7, 11) is 0. The number of hydrogen-bond acceptors (Lipinski definition) is 4. The van der Waals surface area contributed by atoms with E-state index in [1.165, 1.54) is 0 Å². The van der Waals surface area contributed by atoms with Crippen LogP contribution in [0.5, 0.6) is 0 Å². The van der Waals surface area contributed by atoms with Crippen molar-refractivity contribution in [2.24, 2.45) is 5.92 Å². The van der Waals surface area contributed by atoms with Crippen LogP contribution in [-0.4, -0.2) is 25.7 Å². The molecule has 5 heteroatoms. The van der Waals surface area contributed by atoms with E-state index in [1.54, 1.807) is 18.2 Å². The van der Waals surface area contributed by atoms with Crippen LogP contribution in [0.4, 0.5) is 11.4 Å². The van der Waals surface area contributed by atoms with Crippen LogP contribution in [0, 0.1) is 5.92 Å². The molecule has 0 spiro atoms. The molecule has 0 saturated carbocycles. The van der Waals surface area contributed by atoms with Gasteiger partial charge in [-0.3, -0.25) is 4.79 Å². The Bertz CT molecular complexity index is 428. The molecular formula is C13H19N3O2. The van der Waals surface area contributed by atoms with Crippen LogP contribution in [0.2, 0.25) is 0 Å². The van der Waals surface area contributed by atoms with E-state index in [4.69, 9.17) is 16.2 Å². The molecule has 1 aliphatic heterocycles. The summed E-state index contributed by atoms with van der Waals surface area (Å²) in [6.07, 6.45) is 2.15. The van der Waals surface area contributed by atoms with Gasteiger partial charge in [-0.25, -0.2) is 0 Å². The molecule has 1 fully saturated rings. The first-order chi connectivity index (χ1) is 8.66. The third-order valence-corrected chi connectivity index (χ3v) is 3.13. The first-order valence-corrected chi connectivity index (χ1v) is 6.18. The second kappa shape index (κ2) is 5.73. The maximum absolute atomic E-state index is 11.9. The molecule has 1 atom stereocenters. The van der Waals surface area contributed by atoms with E-state index in [0.29, 0.717) is 29.4 Å². The molecule has 5 nitrogen and oxygen atoms in total. The highest BCUT2D eigenvalue weighted by Crippen LogP contribution is 2.16. The summed E-state index contributed by atoms with van der Waals surface area (Å²) >= 11 is 0. The standard InChI is InChI=1S/C13H19N3O2/c14-10-3-4-11(12(15)6-10)13(17)16-7-9-2-1-5-18-8-9/h3-4,6,9H,1-2,5,7-8,14-15H2,(H,16,17). The lowest BCUT2D eigenvalue weighted by Crippen LogP contribution is -2.33. The van der Waals surface area contributed by atoms with Crippen molar-refractivity contribution in [2.75, 3.05) is 31.2 Å². The minimum Gasteiger partial charge on any atom is -0.399 e. The van der Waals surface area contributed by atoms with E-state index >= 15 is 0 Å². The van der Waals surface area contributed by atoms with Crippen LogP contribution >= 0.6 is 0 Å². The second-order valence-corrected chi connectivity index (χ2v) is 4.64. The lowest BCUT2D eigenvalue weighted by atomic mass is 10.0. The Kier molecular flexibility index (Phi) is 4.04. The fourth-order valence-electron chi connectivity index (χ4n) is 2.09. The van der Waals surface area contributed by atoms with Crippen LogP contribution in [0.1, 0.15) is 23.2 Å². The summed E-state index contributed by atoms with van der Waals surface area (Å²) in [5.41, 5.74) is 12.8. The third-order valence-electron chi connectivity index (χ3n) is 3.13. The van der Waals surface area contributed by atoms with Crippen LogP contribution in [0.15, 0.2) is 18.2 Å². The van der Waals surface area contributed by atoms with Crippen molar-refractivity contribution < 1.29 is 9.53 Å². The molecule has 18 heavy (non-hydrogen) atoms. The van der Waals surface area contributed by atoms with Crippen LogP contribution in [-0.2, 0) is 4.74 Å². The van der Waals surface area contributed by atoms with Crippen LogP contribution in [0.25, 0.3) is 0 Å². The fraction of sp³-hybridized carbons (Fsp3) is 0.462. The number of nitrogen functional groups attached to an aromatic ring is 2. The molecule has 98 valence electrons. The Hall–Kier alpha value is -1.75. The van der Waals surface area contributed by atoms with E-state index in [-0.39, 0.29) is 5.91 Å². The molecule has 0 aliphatic carbocycles. The van der Waals surface area contributed by atoms with Crippen molar-refractivity contribution in [3.05, 3.63) is 23.8 Å². The number of carbonyl (C=O) groups is 1. The number of hydrogen-bond donors (Lipinski definition) is 3. The minimum atomic E-state index is -0.155. The van der Waals surface area contributed by atoms with Crippen molar-refractivity contribution in [2.45, 2.75) is 12.8 Å². The predicted octanol–water partition coefficient (Wildman–Crippen LogP) is 1.01. The van der Waals surface area contributed by atoms with Gasteiger partial charge >= 0.3 is 0 Å². The molecule has 2 rings (SSSR count). The molecule has 1 aromatic carbocycles. The number of nitrogens with one attached hydrogen (secondary N) is 1. The molecule has 1 aromatic rings. The SMILES string of the molecule is Nc1ccc(C(=O)NCC2CCCOC2)c(N)c1. The zero-order valence-corrected chi connectivity index (χ0v) is 10.3. The summed E-state index contributed by atoms with van der Waals surface area (Å²) in [4.78, 5) is 11.9. The molecule has 0 aromatic heterocycles. The van der Waals surface area contributed by atoms with E-state index in [0.717, 1.165) is 26.1 Å². The number of amides is 1. The van der Waals surface area contributed by atoms with Crippen molar-refractivity contribution in [1.82, 2.24) is 5.32 Å². The first-order valence-electron chi connectivity index (χ1n) is 6.18. The normalized spacial score (nSPS) is 19.4. The summed E-state index contributed by atoms with van der Waals surface area (Å²) < 4.78 is 5.37. The Morgan fingerprint density at radius 2 is 2.28 bits per heavy atom. The zero-order valence-electron chi connectivity index (χ0n) is 10.3. The Balaban J connectivity index is 1.90. The maximum Gasteiger partial charge on any atom is 0.253 e. The number of rotatable bonds is 3. The van der Waals surface area contributed by atoms with E-state index in [1.807, 2.05) is 0 Å². The van der Waals surface area contributed by atoms with Crippen LogP contribution in [0.3, 0.4) is 0 Å². The third kappa shape index (κ3) is 3.13. The Morgan fingerprint density at radius 1 is 1.44 bits per heavy atom. The molecule has 1 saturated heterocycles. The van der Waals surface area contributed by atoms with Crippen molar-refractivity contribution in [3.8, 4) is 0 Å². The molecule has 5 N–H and O–H groups in total. The quantitative estimate of drug-likeness (QED) is 0.697. The van der Waals surface area contributed by atoms with Gasteiger partial charge in [0.25, 0.3) is 5.91 Å². The van der Waals surface area contributed by atoms with E-state index in [2.05, 4.69) is 5.32 Å². The maximum atomic E-state index is 11.9. The molecule has 1 aliphatic rings. The molecular weight excluding hydrogens is 230 g/mol. The van der Waals surface area contributed by atoms with Gasteiger partial charge < -0.3 is 21.5 Å². The van der Waals surface area contributed by atoms with Crippen LogP contribution < -0.4 is 16.8 Å². The van der Waals surface area contributed by atoms with Gasteiger partial charge in [-0.2, -0.15) is 0 Å². The fourth-order valence-corrected chi connectivity index (χ4v) is 2.09. The number of nitrogens with two attached hydrogens (primary N) is 2. The number of benzene rings is 1. The second-order valence-electron chi connectivity index (χ2n) is 4.64. The number of carbonyl (C=O) groups excluding carboxylic acids is 1. The van der Waals surface area contributed by atoms with Gasteiger partial charge in [0.05, 0.1) is 12.2 Å². The van der Waals surface area contributed by atoms with E-state index in [9.17, 15) is 4.79 Å². The summed E-state index contributed by atoms with van der Waals surface area (Å²) in [5.74, 6) is 0.246. The lowest BCUT2D eigenvalue weighted by molar-refractivity contribution is 0.0536. The largest absolute Gasteiger partial charge is 0.399 e. The number of ether oxygens (including phenoxy) is 1. The van der Waals surface area contributed by atoms with Gasteiger partial charge in [0, 0.05) is 24.5 Å². The van der Waals surface area contributed by atoms with Gasteiger partial charge in [-0.05, 0) is 37.0 Å². The lowest BCUT2D eigenvalue weighted by Gasteiger charge is -2.22. The Labute approximate surface area is 106 Å². The van der Waals surface area contributed by atoms with Crippen molar-refractivity contribution >= 4 is 17.3 Å². The van der Waals surface area contributed by atoms with Gasteiger partial charge in [0.2, 0.25) is 0 Å².